The van der Waals surface area contributed by atoms with Crippen LogP contribution in [0.5, 0.6) is 5.75 Å². The molecule has 1 N–H and O–H groups in total. The van der Waals surface area contributed by atoms with E-state index in [9.17, 15) is 14.7 Å². The van der Waals surface area contributed by atoms with E-state index in [2.05, 4.69) is 18.2 Å². The van der Waals surface area contributed by atoms with Gasteiger partial charge in [0.05, 0.1) is 4.88 Å². The Morgan fingerprint density at radius 3 is 2.32 bits per heavy atom. The number of rotatable bonds is 7. The molecule has 2 aromatic carbocycles. The minimum atomic E-state index is -1.32. The van der Waals surface area contributed by atoms with Gasteiger partial charge in [-0.1, -0.05) is 12.1 Å². The van der Waals surface area contributed by atoms with Crippen LogP contribution in [0.3, 0.4) is 0 Å². The maximum atomic E-state index is 12.9. The first-order chi connectivity index (χ1) is 14.5. The van der Waals surface area contributed by atoms with Gasteiger partial charge < -0.3 is 9.84 Å². The van der Waals surface area contributed by atoms with Gasteiger partial charge in [-0.3, -0.25) is 4.79 Å². The van der Waals surface area contributed by atoms with E-state index in [0.717, 1.165) is 37.2 Å². The Morgan fingerprint density at radius 2 is 1.74 bits per heavy atom. The molecular formula is C25H26O4S2. The molecule has 0 saturated heterocycles. The van der Waals surface area contributed by atoms with E-state index >= 15 is 0 Å². The van der Waals surface area contributed by atoms with Crippen molar-refractivity contribution in [2.75, 3.05) is 6.26 Å². The smallest absolute Gasteiger partial charge is 0.347 e. The third-order valence-corrected chi connectivity index (χ3v) is 7.15. The number of benzene rings is 2. The van der Waals surface area contributed by atoms with E-state index in [-0.39, 0.29) is 5.78 Å². The van der Waals surface area contributed by atoms with E-state index in [1.165, 1.54) is 30.1 Å². The van der Waals surface area contributed by atoms with E-state index in [0.29, 0.717) is 5.75 Å². The number of thiophene rings is 1. The summed E-state index contributed by atoms with van der Waals surface area (Å²) in [6, 6.07) is 10.1. The van der Waals surface area contributed by atoms with E-state index < -0.39 is 11.6 Å². The van der Waals surface area contributed by atoms with Crippen LogP contribution >= 0.6 is 23.1 Å². The second-order valence-electron chi connectivity index (χ2n) is 8.02. The zero-order valence-corrected chi connectivity index (χ0v) is 20.2. The standard InChI is InChI=1S/C25H26O4S2/c1-14-11-17(12-15(2)22(14)29-25(4,5)24(27)28)7-10-20(26)23-16(3)19-9-8-18(30-6)13-21(19)31-23/h7-13H,1-6H3,(H,27,28). The fourth-order valence-electron chi connectivity index (χ4n) is 3.36. The highest BCUT2D eigenvalue weighted by atomic mass is 32.2. The van der Waals surface area contributed by atoms with Gasteiger partial charge in [0.25, 0.3) is 0 Å². The van der Waals surface area contributed by atoms with Gasteiger partial charge in [-0.25, -0.2) is 4.79 Å². The summed E-state index contributed by atoms with van der Waals surface area (Å²) in [5, 5.41) is 10.4. The molecule has 0 atom stereocenters. The van der Waals surface area contributed by atoms with Gasteiger partial charge in [-0.2, -0.15) is 0 Å². The molecule has 0 fully saturated rings. The third kappa shape index (κ3) is 4.86. The highest BCUT2D eigenvalue weighted by Gasteiger charge is 2.30. The SMILES string of the molecule is CSc1ccc2c(C)c(C(=O)C=Cc3cc(C)c(OC(C)(C)C(=O)O)c(C)c3)sc2c1. The molecule has 1 heterocycles. The molecule has 162 valence electrons. The zero-order valence-electron chi connectivity index (χ0n) is 18.5. The van der Waals surface area contributed by atoms with Crippen LogP contribution in [0.2, 0.25) is 0 Å². The molecule has 1 aromatic heterocycles. The van der Waals surface area contributed by atoms with Crippen molar-refractivity contribution in [1.29, 1.82) is 0 Å². The Balaban J connectivity index is 1.86. The summed E-state index contributed by atoms with van der Waals surface area (Å²) in [6.07, 6.45) is 5.44. The number of aliphatic carboxylic acids is 1. The normalized spacial score (nSPS) is 11.9. The van der Waals surface area contributed by atoms with Crippen molar-refractivity contribution in [2.24, 2.45) is 0 Å². The minimum Gasteiger partial charge on any atom is -0.478 e. The van der Waals surface area contributed by atoms with Crippen molar-refractivity contribution >= 4 is 51.0 Å². The quantitative estimate of drug-likeness (QED) is 0.245. The Labute approximate surface area is 190 Å². The number of carbonyl (C=O) groups is 2. The van der Waals surface area contributed by atoms with Crippen LogP contribution in [-0.2, 0) is 4.79 Å². The van der Waals surface area contributed by atoms with Crippen LogP contribution in [0.25, 0.3) is 16.2 Å². The fraction of sp³-hybridized carbons (Fsp3) is 0.280. The van der Waals surface area contributed by atoms with Gasteiger partial charge in [0.1, 0.15) is 5.75 Å². The molecule has 0 aliphatic heterocycles. The Kier molecular flexibility index (Phi) is 6.62. The van der Waals surface area contributed by atoms with Gasteiger partial charge in [0.2, 0.25) is 0 Å². The molecule has 0 aliphatic carbocycles. The number of ketones is 1. The number of hydrogen-bond donors (Lipinski definition) is 1. The second kappa shape index (κ2) is 8.89. The lowest BCUT2D eigenvalue weighted by Crippen LogP contribution is -2.38. The minimum absolute atomic E-state index is 0.0213. The predicted octanol–water partition coefficient (Wildman–Crippen LogP) is 6.69. The van der Waals surface area contributed by atoms with Crippen LogP contribution < -0.4 is 4.74 Å². The highest BCUT2D eigenvalue weighted by molar-refractivity contribution is 7.98. The molecule has 3 aromatic rings. The monoisotopic (exact) mass is 454 g/mol. The summed E-state index contributed by atoms with van der Waals surface area (Å²) in [5.41, 5.74) is 2.20. The summed E-state index contributed by atoms with van der Waals surface area (Å²) in [5.74, 6) is -0.489. The van der Waals surface area contributed by atoms with Gasteiger partial charge in [0.15, 0.2) is 11.4 Å². The number of aryl methyl sites for hydroxylation is 3. The molecule has 31 heavy (non-hydrogen) atoms. The van der Waals surface area contributed by atoms with Crippen LogP contribution in [0, 0.1) is 20.8 Å². The summed E-state index contributed by atoms with van der Waals surface area (Å²) in [6.45, 7) is 8.79. The van der Waals surface area contributed by atoms with Crippen LogP contribution in [0.15, 0.2) is 41.3 Å². The number of allylic oxidation sites excluding steroid dienone is 1. The Morgan fingerprint density at radius 1 is 1.10 bits per heavy atom. The highest BCUT2D eigenvalue weighted by Crippen LogP contribution is 2.34. The van der Waals surface area contributed by atoms with Crippen molar-refractivity contribution < 1.29 is 19.4 Å². The first kappa shape index (κ1) is 23.1. The molecule has 0 spiro atoms. The lowest BCUT2D eigenvalue weighted by molar-refractivity contribution is -0.152. The number of fused-ring (bicyclic) bond motifs is 1. The van der Waals surface area contributed by atoms with Crippen molar-refractivity contribution in [2.45, 2.75) is 45.1 Å². The number of carbonyl (C=O) groups excluding carboxylic acids is 1. The molecule has 0 amide bonds. The molecule has 0 unspecified atom stereocenters. The molecule has 0 aliphatic rings. The van der Waals surface area contributed by atoms with E-state index in [1.807, 2.05) is 39.2 Å². The largest absolute Gasteiger partial charge is 0.478 e. The molecular weight excluding hydrogens is 428 g/mol. The summed E-state index contributed by atoms with van der Waals surface area (Å²) >= 11 is 3.21. The molecule has 0 radical (unpaired) electrons. The van der Waals surface area contributed by atoms with Crippen LogP contribution in [0.4, 0.5) is 0 Å². The third-order valence-electron chi connectivity index (χ3n) is 5.15. The average molecular weight is 455 g/mol. The first-order valence-corrected chi connectivity index (χ1v) is 11.9. The van der Waals surface area contributed by atoms with E-state index in [4.69, 9.17) is 4.74 Å². The molecule has 4 nitrogen and oxygen atoms in total. The first-order valence-electron chi connectivity index (χ1n) is 9.86. The lowest BCUT2D eigenvalue weighted by Gasteiger charge is -2.24. The van der Waals surface area contributed by atoms with Gasteiger partial charge in [-0.15, -0.1) is 23.1 Å². The summed E-state index contributed by atoms with van der Waals surface area (Å²) in [4.78, 5) is 26.2. The van der Waals surface area contributed by atoms with Gasteiger partial charge in [-0.05, 0) is 98.9 Å². The van der Waals surface area contributed by atoms with Crippen molar-refractivity contribution in [3.05, 3.63) is 63.5 Å². The summed E-state index contributed by atoms with van der Waals surface area (Å²) in [7, 11) is 0. The molecule has 0 saturated carbocycles. The van der Waals surface area contributed by atoms with Gasteiger partial charge in [0, 0.05) is 9.60 Å². The maximum absolute atomic E-state index is 12.9. The summed E-state index contributed by atoms with van der Waals surface area (Å²) < 4.78 is 6.87. The lowest BCUT2D eigenvalue weighted by atomic mass is 10.0. The van der Waals surface area contributed by atoms with E-state index in [1.54, 1.807) is 23.9 Å². The second-order valence-corrected chi connectivity index (χ2v) is 9.95. The van der Waals surface area contributed by atoms with Crippen molar-refractivity contribution in [3.63, 3.8) is 0 Å². The number of carboxylic acid groups (broad SMARTS) is 1. The molecule has 0 bridgehead atoms. The number of hydrogen-bond acceptors (Lipinski definition) is 5. The predicted molar refractivity (Wildman–Crippen MR) is 130 cm³/mol. The number of thioether (sulfide) groups is 1. The zero-order chi connectivity index (χ0) is 22.9. The Hall–Kier alpha value is -2.57. The van der Waals surface area contributed by atoms with Crippen molar-refractivity contribution in [1.82, 2.24) is 0 Å². The van der Waals surface area contributed by atoms with Crippen LogP contribution in [-0.4, -0.2) is 28.7 Å². The number of ether oxygens (including phenoxy) is 1. The maximum Gasteiger partial charge on any atom is 0.347 e. The Bertz CT molecular complexity index is 1180. The number of carboxylic acids is 1. The molecule has 3 rings (SSSR count). The van der Waals surface area contributed by atoms with Crippen LogP contribution in [0.1, 0.15) is 45.8 Å². The molecule has 6 heteroatoms. The van der Waals surface area contributed by atoms with Gasteiger partial charge >= 0.3 is 5.97 Å². The van der Waals surface area contributed by atoms with Crippen molar-refractivity contribution in [3.8, 4) is 5.75 Å². The fourth-order valence-corrected chi connectivity index (χ4v) is 5.04. The average Bonchev–Trinajstić information content (AvgIpc) is 3.04. The topological polar surface area (TPSA) is 63.6 Å².